The standard InChI is InChI=1S/C15H13N3O6/c1-3-23-14(21)9-8-7(5-16-9)12(19)11-10(15(22)24-4-2)17-6-18(11)13(8)20/h5-7H,3-4H2,1-2H3. The van der Waals surface area contributed by atoms with Crippen molar-refractivity contribution in [1.29, 1.82) is 0 Å². The van der Waals surface area contributed by atoms with Crippen molar-refractivity contribution < 1.29 is 28.7 Å². The average molecular weight is 331 g/mol. The number of rotatable bonds is 4. The number of carbonyl (C=O) groups is 4. The molecule has 2 aliphatic heterocycles. The lowest BCUT2D eigenvalue weighted by molar-refractivity contribution is -0.138. The molecule has 3 rings (SSSR count). The van der Waals surface area contributed by atoms with Crippen LogP contribution in [0.15, 0.2) is 22.6 Å². The Hall–Kier alpha value is -3.10. The predicted octanol–water partition coefficient (Wildman–Crippen LogP) is 0.414. The summed E-state index contributed by atoms with van der Waals surface area (Å²) in [5, 5.41) is 0. The quantitative estimate of drug-likeness (QED) is 0.734. The van der Waals surface area contributed by atoms with Crippen LogP contribution in [-0.4, -0.2) is 52.6 Å². The molecule has 0 aliphatic carbocycles. The third-order valence-corrected chi connectivity index (χ3v) is 3.59. The molecule has 9 nitrogen and oxygen atoms in total. The van der Waals surface area contributed by atoms with E-state index >= 15 is 0 Å². The molecule has 0 saturated heterocycles. The second kappa shape index (κ2) is 5.84. The van der Waals surface area contributed by atoms with Gasteiger partial charge in [0.1, 0.15) is 12.0 Å². The van der Waals surface area contributed by atoms with Crippen molar-refractivity contribution in [2.24, 2.45) is 10.9 Å². The second-order valence-corrected chi connectivity index (χ2v) is 4.94. The summed E-state index contributed by atoms with van der Waals surface area (Å²) in [5.74, 6) is -3.79. The fourth-order valence-electron chi connectivity index (χ4n) is 2.60. The van der Waals surface area contributed by atoms with Crippen molar-refractivity contribution >= 4 is 29.8 Å². The molecule has 24 heavy (non-hydrogen) atoms. The normalized spacial score (nSPS) is 18.5. The van der Waals surface area contributed by atoms with Crippen LogP contribution in [0, 0.1) is 5.92 Å². The summed E-state index contributed by atoms with van der Waals surface area (Å²) in [6, 6.07) is 0. The van der Waals surface area contributed by atoms with Gasteiger partial charge in [-0.05, 0) is 13.8 Å². The molecule has 0 saturated carbocycles. The van der Waals surface area contributed by atoms with Gasteiger partial charge in [-0.3, -0.25) is 19.1 Å². The molecule has 0 radical (unpaired) electrons. The molecule has 1 aromatic heterocycles. The zero-order valence-corrected chi connectivity index (χ0v) is 12.9. The number of ketones is 1. The highest BCUT2D eigenvalue weighted by atomic mass is 16.5. The maximum atomic E-state index is 12.7. The van der Waals surface area contributed by atoms with Crippen molar-refractivity contribution in [3.8, 4) is 0 Å². The van der Waals surface area contributed by atoms with E-state index in [0.717, 1.165) is 10.9 Å². The van der Waals surface area contributed by atoms with E-state index in [4.69, 9.17) is 9.47 Å². The van der Waals surface area contributed by atoms with Crippen LogP contribution in [0.3, 0.4) is 0 Å². The summed E-state index contributed by atoms with van der Waals surface area (Å²) in [7, 11) is 0. The molecule has 0 spiro atoms. The molecule has 0 amide bonds. The number of ether oxygens (including phenoxy) is 2. The molecule has 1 unspecified atom stereocenters. The van der Waals surface area contributed by atoms with E-state index < -0.39 is 29.5 Å². The topological polar surface area (TPSA) is 117 Å². The molecule has 0 bridgehead atoms. The number of esters is 2. The molecule has 9 heteroatoms. The van der Waals surface area contributed by atoms with Gasteiger partial charge in [0.05, 0.1) is 24.7 Å². The van der Waals surface area contributed by atoms with Gasteiger partial charge in [0.15, 0.2) is 17.2 Å². The number of imidazole rings is 1. The Bertz CT molecular complexity index is 832. The number of allylic oxidation sites excluding steroid dienone is 1. The van der Waals surface area contributed by atoms with E-state index in [1.165, 1.54) is 6.21 Å². The largest absolute Gasteiger partial charge is 0.461 e. The van der Waals surface area contributed by atoms with Crippen molar-refractivity contribution in [2.45, 2.75) is 13.8 Å². The van der Waals surface area contributed by atoms with Gasteiger partial charge >= 0.3 is 11.9 Å². The van der Waals surface area contributed by atoms with Crippen LogP contribution in [-0.2, 0) is 14.3 Å². The number of hydrogen-bond donors (Lipinski definition) is 0. The minimum absolute atomic E-state index is 0.0706. The van der Waals surface area contributed by atoms with E-state index in [0.29, 0.717) is 0 Å². The number of aromatic nitrogens is 2. The molecule has 0 N–H and O–H groups in total. The maximum absolute atomic E-state index is 12.7. The van der Waals surface area contributed by atoms with Crippen LogP contribution in [0.2, 0.25) is 0 Å². The third-order valence-electron chi connectivity index (χ3n) is 3.59. The maximum Gasteiger partial charge on any atom is 0.359 e. The minimum atomic E-state index is -1.03. The number of hydrogen-bond acceptors (Lipinski definition) is 8. The van der Waals surface area contributed by atoms with Gasteiger partial charge in [-0.15, -0.1) is 0 Å². The van der Waals surface area contributed by atoms with Gasteiger partial charge in [-0.1, -0.05) is 0 Å². The van der Waals surface area contributed by atoms with Crippen molar-refractivity contribution in [2.75, 3.05) is 13.2 Å². The Morgan fingerprint density at radius 2 is 1.83 bits per heavy atom. The molecular formula is C15H13N3O6. The average Bonchev–Trinajstić information content (AvgIpc) is 3.18. The lowest BCUT2D eigenvalue weighted by atomic mass is 9.89. The van der Waals surface area contributed by atoms with E-state index in [2.05, 4.69) is 9.98 Å². The minimum Gasteiger partial charge on any atom is -0.461 e. The smallest absolute Gasteiger partial charge is 0.359 e. The van der Waals surface area contributed by atoms with Crippen LogP contribution in [0.25, 0.3) is 0 Å². The first-order valence-corrected chi connectivity index (χ1v) is 7.30. The van der Waals surface area contributed by atoms with Gasteiger partial charge in [0, 0.05) is 6.21 Å². The number of carbonyl (C=O) groups excluding carboxylic acids is 4. The number of fused-ring (bicyclic) bond motifs is 2. The second-order valence-electron chi connectivity index (χ2n) is 4.94. The van der Waals surface area contributed by atoms with Crippen LogP contribution in [0.4, 0.5) is 0 Å². The van der Waals surface area contributed by atoms with Gasteiger partial charge in [0.2, 0.25) is 0 Å². The molecule has 2 aliphatic rings. The molecule has 1 aromatic rings. The van der Waals surface area contributed by atoms with E-state index in [9.17, 15) is 19.2 Å². The first kappa shape index (κ1) is 15.8. The Kier molecular flexibility index (Phi) is 3.84. The first-order valence-electron chi connectivity index (χ1n) is 7.30. The summed E-state index contributed by atoms with van der Waals surface area (Å²) in [6.45, 7) is 3.45. The van der Waals surface area contributed by atoms with Crippen LogP contribution in [0.1, 0.15) is 39.6 Å². The number of Topliss-reactive ketones (excluding diaryl/α,β-unsaturated/α-hetero) is 1. The van der Waals surface area contributed by atoms with Gasteiger partial charge in [-0.2, -0.15) is 0 Å². The third kappa shape index (κ3) is 2.16. The monoisotopic (exact) mass is 331 g/mol. The van der Waals surface area contributed by atoms with Gasteiger partial charge in [-0.25, -0.2) is 14.6 Å². The highest BCUT2D eigenvalue weighted by Crippen LogP contribution is 2.33. The molecule has 0 aromatic carbocycles. The summed E-state index contributed by atoms with van der Waals surface area (Å²) >= 11 is 0. The fraction of sp³-hybridized carbons (Fsp3) is 0.333. The fourth-order valence-corrected chi connectivity index (χ4v) is 2.60. The van der Waals surface area contributed by atoms with Crippen LogP contribution in [0.5, 0.6) is 0 Å². The summed E-state index contributed by atoms with van der Waals surface area (Å²) in [4.78, 5) is 56.8. The Balaban J connectivity index is 2.09. The summed E-state index contributed by atoms with van der Waals surface area (Å²) < 4.78 is 10.6. The molecule has 3 heterocycles. The lowest BCUT2D eigenvalue weighted by Crippen LogP contribution is -2.35. The zero-order chi connectivity index (χ0) is 17.4. The lowest BCUT2D eigenvalue weighted by Gasteiger charge is -2.19. The zero-order valence-electron chi connectivity index (χ0n) is 12.9. The highest BCUT2D eigenvalue weighted by molar-refractivity contribution is 6.25. The molecule has 124 valence electrons. The van der Waals surface area contributed by atoms with E-state index in [1.807, 2.05) is 0 Å². The summed E-state index contributed by atoms with van der Waals surface area (Å²) in [5.41, 5.74) is -0.660. The SMILES string of the molecule is CCOC(=O)C1=C2C(=O)n3cnc(C(=O)OCC)c3C(=O)C2C=N1. The van der Waals surface area contributed by atoms with Crippen molar-refractivity contribution in [3.63, 3.8) is 0 Å². The number of nitrogens with zero attached hydrogens (tertiary/aromatic N) is 3. The van der Waals surface area contributed by atoms with E-state index in [-0.39, 0.29) is 35.9 Å². The Labute approximate surface area is 136 Å². The molecule has 0 fully saturated rings. The van der Waals surface area contributed by atoms with E-state index in [1.54, 1.807) is 13.8 Å². The van der Waals surface area contributed by atoms with Crippen molar-refractivity contribution in [3.05, 3.63) is 29.0 Å². The Morgan fingerprint density at radius 1 is 1.17 bits per heavy atom. The number of aliphatic imine (C=N–C) groups is 1. The Morgan fingerprint density at radius 3 is 2.50 bits per heavy atom. The molecule has 1 atom stereocenters. The first-order chi connectivity index (χ1) is 11.5. The van der Waals surface area contributed by atoms with Gasteiger partial charge < -0.3 is 9.47 Å². The van der Waals surface area contributed by atoms with Crippen molar-refractivity contribution in [1.82, 2.24) is 9.55 Å². The molecular weight excluding hydrogens is 318 g/mol. The van der Waals surface area contributed by atoms with Gasteiger partial charge in [0.25, 0.3) is 5.91 Å². The van der Waals surface area contributed by atoms with Crippen LogP contribution < -0.4 is 0 Å². The predicted molar refractivity (Wildman–Crippen MR) is 78.8 cm³/mol. The summed E-state index contributed by atoms with van der Waals surface area (Å²) in [6.07, 6.45) is 2.26. The van der Waals surface area contributed by atoms with Crippen LogP contribution >= 0.6 is 0 Å². The highest BCUT2D eigenvalue weighted by Gasteiger charge is 2.45.